The molecule has 2 aromatic heterocycles. The topological polar surface area (TPSA) is 54.3 Å². The molecule has 1 aliphatic rings. The SMILES string of the molecule is Cc1ccncc1CN1CCN(c2cnn(CC(F)F)c(=O)c2Cl)CC1. The maximum atomic E-state index is 12.5. The standard InChI is InChI=1S/C17H20ClF2N5O/c1-12-2-3-21-8-13(12)10-23-4-6-24(7-5-23)14-9-22-25(11-15(19)20)17(26)16(14)18/h2-3,8-9,15H,4-7,10-11H2,1H3. The number of halogens is 3. The highest BCUT2D eigenvalue weighted by atomic mass is 35.5. The summed E-state index contributed by atoms with van der Waals surface area (Å²) in [5.74, 6) is 0. The third-order valence-electron chi connectivity index (χ3n) is 4.53. The van der Waals surface area contributed by atoms with E-state index >= 15 is 0 Å². The fourth-order valence-electron chi connectivity index (χ4n) is 2.99. The molecule has 1 aliphatic heterocycles. The molecule has 2 aromatic rings. The fraction of sp³-hybridized carbons (Fsp3) is 0.471. The number of alkyl halides is 2. The van der Waals surface area contributed by atoms with E-state index in [1.165, 1.54) is 17.3 Å². The van der Waals surface area contributed by atoms with E-state index in [9.17, 15) is 13.6 Å². The molecule has 6 nitrogen and oxygen atoms in total. The molecule has 9 heteroatoms. The molecule has 1 saturated heterocycles. The largest absolute Gasteiger partial charge is 0.366 e. The van der Waals surface area contributed by atoms with E-state index in [1.807, 2.05) is 17.2 Å². The predicted molar refractivity (Wildman–Crippen MR) is 96.0 cm³/mol. The maximum Gasteiger partial charge on any atom is 0.287 e. The number of pyridine rings is 1. The van der Waals surface area contributed by atoms with Gasteiger partial charge in [-0.25, -0.2) is 13.5 Å². The summed E-state index contributed by atoms with van der Waals surface area (Å²) in [5, 5.41) is 3.77. The van der Waals surface area contributed by atoms with Crippen molar-refractivity contribution in [2.75, 3.05) is 31.1 Å². The molecule has 0 bridgehead atoms. The van der Waals surface area contributed by atoms with Gasteiger partial charge in [-0.3, -0.25) is 14.7 Å². The molecular weight excluding hydrogens is 364 g/mol. The Kier molecular flexibility index (Phi) is 5.83. The Balaban J connectivity index is 1.66. The van der Waals surface area contributed by atoms with Crippen molar-refractivity contribution in [3.63, 3.8) is 0 Å². The highest BCUT2D eigenvalue weighted by Crippen LogP contribution is 2.23. The van der Waals surface area contributed by atoms with E-state index in [4.69, 9.17) is 11.6 Å². The molecule has 0 amide bonds. The second-order valence-electron chi connectivity index (χ2n) is 6.29. The molecule has 3 rings (SSSR count). The van der Waals surface area contributed by atoms with Crippen LogP contribution < -0.4 is 10.5 Å². The zero-order valence-corrected chi connectivity index (χ0v) is 15.2. The zero-order valence-electron chi connectivity index (χ0n) is 14.4. The molecule has 1 fully saturated rings. The van der Waals surface area contributed by atoms with E-state index in [1.54, 1.807) is 6.20 Å². The molecule has 0 saturated carbocycles. The van der Waals surface area contributed by atoms with Crippen LogP contribution in [0.5, 0.6) is 0 Å². The molecule has 0 radical (unpaired) electrons. The third-order valence-corrected chi connectivity index (χ3v) is 4.89. The summed E-state index contributed by atoms with van der Waals surface area (Å²) in [7, 11) is 0. The molecule has 0 atom stereocenters. The molecule has 0 unspecified atom stereocenters. The number of aryl methyl sites for hydroxylation is 1. The summed E-state index contributed by atoms with van der Waals surface area (Å²) >= 11 is 6.12. The molecule has 0 aromatic carbocycles. The van der Waals surface area contributed by atoms with Crippen molar-refractivity contribution < 1.29 is 8.78 Å². The maximum absolute atomic E-state index is 12.5. The van der Waals surface area contributed by atoms with Crippen molar-refractivity contribution in [2.45, 2.75) is 26.4 Å². The van der Waals surface area contributed by atoms with Gasteiger partial charge in [0.1, 0.15) is 11.6 Å². The van der Waals surface area contributed by atoms with Crippen molar-refractivity contribution in [3.05, 3.63) is 51.2 Å². The minimum atomic E-state index is -2.65. The minimum absolute atomic E-state index is 0.0581. The van der Waals surface area contributed by atoms with Crippen LogP contribution in [0.4, 0.5) is 14.5 Å². The van der Waals surface area contributed by atoms with Crippen molar-refractivity contribution in [2.24, 2.45) is 0 Å². The van der Waals surface area contributed by atoms with Gasteiger partial charge in [0.2, 0.25) is 0 Å². The molecular formula is C17H20ClF2N5O. The zero-order chi connectivity index (χ0) is 18.7. The molecule has 0 spiro atoms. The van der Waals surface area contributed by atoms with E-state index in [-0.39, 0.29) is 5.02 Å². The molecule has 26 heavy (non-hydrogen) atoms. The van der Waals surface area contributed by atoms with Gasteiger partial charge >= 0.3 is 0 Å². The van der Waals surface area contributed by atoms with Crippen LogP contribution in [0.3, 0.4) is 0 Å². The second kappa shape index (κ2) is 8.09. The highest BCUT2D eigenvalue weighted by molar-refractivity contribution is 6.33. The fourth-order valence-corrected chi connectivity index (χ4v) is 3.25. The van der Waals surface area contributed by atoms with Crippen LogP contribution in [0.1, 0.15) is 11.1 Å². The van der Waals surface area contributed by atoms with Crippen molar-refractivity contribution >= 4 is 17.3 Å². The lowest BCUT2D eigenvalue weighted by atomic mass is 10.1. The summed E-state index contributed by atoms with van der Waals surface area (Å²) in [6.07, 6.45) is 2.40. The van der Waals surface area contributed by atoms with Gasteiger partial charge in [0.05, 0.1) is 11.9 Å². The van der Waals surface area contributed by atoms with Gasteiger partial charge in [0.15, 0.2) is 0 Å². The first-order valence-corrected chi connectivity index (χ1v) is 8.74. The number of rotatable bonds is 5. The molecule has 0 aliphatic carbocycles. The normalized spacial score (nSPS) is 15.7. The second-order valence-corrected chi connectivity index (χ2v) is 6.67. The van der Waals surface area contributed by atoms with E-state index < -0.39 is 18.5 Å². The number of nitrogens with zero attached hydrogens (tertiary/aromatic N) is 5. The smallest absolute Gasteiger partial charge is 0.287 e. The summed E-state index contributed by atoms with van der Waals surface area (Å²) in [6, 6.07) is 1.99. The number of piperazine rings is 1. The van der Waals surface area contributed by atoms with Gasteiger partial charge in [-0.05, 0) is 24.1 Å². The Morgan fingerprint density at radius 1 is 1.23 bits per heavy atom. The Bertz CT molecular complexity index is 821. The van der Waals surface area contributed by atoms with Crippen LogP contribution >= 0.6 is 11.6 Å². The number of anilines is 1. The Morgan fingerprint density at radius 2 is 1.96 bits per heavy atom. The Morgan fingerprint density at radius 3 is 2.62 bits per heavy atom. The van der Waals surface area contributed by atoms with Crippen LogP contribution in [0, 0.1) is 6.92 Å². The first-order chi connectivity index (χ1) is 12.5. The van der Waals surface area contributed by atoms with Gasteiger partial charge in [-0.1, -0.05) is 11.6 Å². The third kappa shape index (κ3) is 4.19. The van der Waals surface area contributed by atoms with Gasteiger partial charge in [0.25, 0.3) is 12.0 Å². The van der Waals surface area contributed by atoms with Gasteiger partial charge < -0.3 is 4.90 Å². The predicted octanol–water partition coefficient (Wildman–Crippen LogP) is 2.19. The number of hydrogen-bond acceptors (Lipinski definition) is 5. The first kappa shape index (κ1) is 18.7. The van der Waals surface area contributed by atoms with Gasteiger partial charge in [-0.2, -0.15) is 5.10 Å². The lowest BCUT2D eigenvalue weighted by molar-refractivity contribution is 0.119. The summed E-state index contributed by atoms with van der Waals surface area (Å²) in [4.78, 5) is 20.5. The van der Waals surface area contributed by atoms with E-state index in [0.29, 0.717) is 23.5 Å². The average Bonchev–Trinajstić information content (AvgIpc) is 2.62. The lowest BCUT2D eigenvalue weighted by Crippen LogP contribution is -2.46. The lowest BCUT2D eigenvalue weighted by Gasteiger charge is -2.36. The van der Waals surface area contributed by atoms with E-state index in [0.717, 1.165) is 19.6 Å². The van der Waals surface area contributed by atoms with Gasteiger partial charge in [-0.15, -0.1) is 0 Å². The van der Waals surface area contributed by atoms with Crippen molar-refractivity contribution in [3.8, 4) is 0 Å². The number of aromatic nitrogens is 3. The molecule has 140 valence electrons. The molecule has 0 N–H and O–H groups in total. The Hall–Kier alpha value is -2.06. The quantitative estimate of drug-likeness (QED) is 0.792. The average molecular weight is 384 g/mol. The van der Waals surface area contributed by atoms with E-state index in [2.05, 4.69) is 21.9 Å². The summed E-state index contributed by atoms with van der Waals surface area (Å²) in [5.41, 5.74) is 2.21. The van der Waals surface area contributed by atoms with Crippen LogP contribution in [-0.2, 0) is 13.1 Å². The van der Waals surface area contributed by atoms with Crippen LogP contribution in [0.25, 0.3) is 0 Å². The summed E-state index contributed by atoms with van der Waals surface area (Å²) in [6.45, 7) is 5.08. The monoisotopic (exact) mass is 383 g/mol. The minimum Gasteiger partial charge on any atom is -0.366 e. The number of hydrogen-bond donors (Lipinski definition) is 0. The van der Waals surface area contributed by atoms with Crippen LogP contribution in [0.15, 0.2) is 29.5 Å². The highest BCUT2D eigenvalue weighted by Gasteiger charge is 2.22. The van der Waals surface area contributed by atoms with Crippen LogP contribution in [0.2, 0.25) is 5.02 Å². The van der Waals surface area contributed by atoms with Crippen molar-refractivity contribution in [1.29, 1.82) is 0 Å². The first-order valence-electron chi connectivity index (χ1n) is 8.36. The van der Waals surface area contributed by atoms with Gasteiger partial charge in [0, 0.05) is 45.1 Å². The summed E-state index contributed by atoms with van der Waals surface area (Å²) < 4.78 is 25.7. The van der Waals surface area contributed by atoms with Crippen molar-refractivity contribution in [1.82, 2.24) is 19.7 Å². The molecule has 3 heterocycles. The Labute approximate surface area is 155 Å². The van der Waals surface area contributed by atoms with Crippen LogP contribution in [-0.4, -0.2) is 52.3 Å².